The van der Waals surface area contributed by atoms with Crippen LogP contribution in [-0.2, 0) is 4.74 Å². The quantitative estimate of drug-likeness (QED) is 0.583. The zero-order valence-electron chi connectivity index (χ0n) is 13.1. The van der Waals surface area contributed by atoms with Crippen molar-refractivity contribution in [3.05, 3.63) is 23.8 Å². The van der Waals surface area contributed by atoms with E-state index < -0.39 is 0 Å². The molecule has 0 aliphatic carbocycles. The molecule has 122 valence electrons. The molecule has 1 aliphatic heterocycles. The maximum absolute atomic E-state index is 12.1. The molecule has 1 fully saturated rings. The van der Waals surface area contributed by atoms with Gasteiger partial charge in [-0.15, -0.1) is 0 Å². The van der Waals surface area contributed by atoms with Crippen LogP contribution in [0.4, 0.5) is 5.69 Å². The van der Waals surface area contributed by atoms with Crippen LogP contribution in [0.3, 0.4) is 0 Å². The van der Waals surface area contributed by atoms with Gasteiger partial charge in [-0.25, -0.2) is 0 Å². The number of nitrogens with one attached hydrogen (secondary N) is 1. The third kappa shape index (κ3) is 4.89. The van der Waals surface area contributed by atoms with Gasteiger partial charge < -0.3 is 20.5 Å². The number of morpholine rings is 1. The Morgan fingerprint density at radius 3 is 2.91 bits per heavy atom. The summed E-state index contributed by atoms with van der Waals surface area (Å²) in [6.07, 6.45) is 0.930. The van der Waals surface area contributed by atoms with Crippen LogP contribution >= 0.6 is 0 Å². The molecule has 3 N–H and O–H groups in total. The average Bonchev–Trinajstić information content (AvgIpc) is 2.54. The highest BCUT2D eigenvalue weighted by Gasteiger charge is 2.11. The molecule has 0 unspecified atom stereocenters. The summed E-state index contributed by atoms with van der Waals surface area (Å²) < 4.78 is 10.7. The lowest BCUT2D eigenvalue weighted by Crippen LogP contribution is -2.38. The Balaban J connectivity index is 1.75. The fourth-order valence-electron chi connectivity index (χ4n) is 2.39. The molecular weight excluding hydrogens is 282 g/mol. The van der Waals surface area contributed by atoms with E-state index in [1.807, 2.05) is 6.92 Å². The number of rotatable bonds is 7. The summed E-state index contributed by atoms with van der Waals surface area (Å²) in [5.41, 5.74) is 6.93. The van der Waals surface area contributed by atoms with Crippen molar-refractivity contribution >= 4 is 11.6 Å². The fraction of sp³-hybridized carbons (Fsp3) is 0.562. The monoisotopic (exact) mass is 307 g/mol. The van der Waals surface area contributed by atoms with Crippen LogP contribution in [0, 0.1) is 0 Å². The van der Waals surface area contributed by atoms with Crippen LogP contribution in [0.15, 0.2) is 18.2 Å². The van der Waals surface area contributed by atoms with Crippen molar-refractivity contribution in [1.82, 2.24) is 10.2 Å². The molecule has 0 aromatic heterocycles. The van der Waals surface area contributed by atoms with E-state index in [1.54, 1.807) is 18.2 Å². The highest BCUT2D eigenvalue weighted by molar-refractivity contribution is 5.95. The zero-order valence-corrected chi connectivity index (χ0v) is 13.1. The predicted molar refractivity (Wildman–Crippen MR) is 86.2 cm³/mol. The molecule has 0 saturated carbocycles. The summed E-state index contributed by atoms with van der Waals surface area (Å²) in [6, 6.07) is 5.11. The first-order valence-corrected chi connectivity index (χ1v) is 7.81. The number of carbonyl (C=O) groups excluding carboxylic acids is 1. The smallest absolute Gasteiger partial charge is 0.251 e. The minimum Gasteiger partial charge on any atom is -0.492 e. The number of nitrogens with zero attached hydrogens (tertiary/aromatic N) is 1. The molecule has 0 spiro atoms. The van der Waals surface area contributed by atoms with E-state index in [4.69, 9.17) is 15.2 Å². The summed E-state index contributed by atoms with van der Waals surface area (Å²) in [5, 5.41) is 2.93. The standard InChI is InChI=1S/C16H25N3O3/c1-2-22-15-12-13(4-5-14(15)17)16(20)18-6-3-7-19-8-10-21-11-9-19/h4-5,12H,2-3,6-11,17H2,1H3,(H,18,20). The van der Waals surface area contributed by atoms with E-state index in [2.05, 4.69) is 10.2 Å². The maximum Gasteiger partial charge on any atom is 0.251 e. The van der Waals surface area contributed by atoms with E-state index >= 15 is 0 Å². The molecule has 0 bridgehead atoms. The van der Waals surface area contributed by atoms with Crippen molar-refractivity contribution in [2.24, 2.45) is 0 Å². The summed E-state index contributed by atoms with van der Waals surface area (Å²) in [7, 11) is 0. The molecule has 0 atom stereocenters. The number of amides is 1. The van der Waals surface area contributed by atoms with Gasteiger partial charge in [0, 0.05) is 25.2 Å². The number of carbonyl (C=O) groups is 1. The second-order valence-electron chi connectivity index (χ2n) is 5.25. The Hall–Kier alpha value is -1.79. The largest absolute Gasteiger partial charge is 0.492 e. The van der Waals surface area contributed by atoms with E-state index in [-0.39, 0.29) is 5.91 Å². The van der Waals surface area contributed by atoms with E-state index in [9.17, 15) is 4.79 Å². The Morgan fingerprint density at radius 1 is 1.41 bits per heavy atom. The second-order valence-corrected chi connectivity index (χ2v) is 5.25. The average molecular weight is 307 g/mol. The van der Waals surface area contributed by atoms with Gasteiger partial charge in [-0.05, 0) is 38.1 Å². The van der Waals surface area contributed by atoms with E-state index in [0.29, 0.717) is 30.2 Å². The highest BCUT2D eigenvalue weighted by atomic mass is 16.5. The van der Waals surface area contributed by atoms with Crippen LogP contribution in [-0.4, -0.2) is 56.8 Å². The number of hydrogen-bond acceptors (Lipinski definition) is 5. The lowest BCUT2D eigenvalue weighted by atomic mass is 10.1. The first kappa shape index (κ1) is 16.6. The van der Waals surface area contributed by atoms with Gasteiger partial charge >= 0.3 is 0 Å². The summed E-state index contributed by atoms with van der Waals surface area (Å²) >= 11 is 0. The van der Waals surface area contributed by atoms with Crippen molar-refractivity contribution in [2.75, 3.05) is 51.7 Å². The molecule has 6 nitrogen and oxygen atoms in total. The Kier molecular flexibility index (Phi) is 6.48. The lowest BCUT2D eigenvalue weighted by molar-refractivity contribution is 0.0374. The molecule has 1 aliphatic rings. The normalized spacial score (nSPS) is 15.5. The number of hydrogen-bond donors (Lipinski definition) is 2. The number of anilines is 1. The molecule has 1 heterocycles. The molecular formula is C16H25N3O3. The van der Waals surface area contributed by atoms with Crippen LogP contribution in [0.25, 0.3) is 0 Å². The predicted octanol–water partition coefficient (Wildman–Crippen LogP) is 1.12. The van der Waals surface area contributed by atoms with Gasteiger partial charge in [0.15, 0.2) is 0 Å². The van der Waals surface area contributed by atoms with Crippen LogP contribution in [0.2, 0.25) is 0 Å². The zero-order chi connectivity index (χ0) is 15.8. The molecule has 1 amide bonds. The van der Waals surface area contributed by atoms with Gasteiger partial charge in [-0.3, -0.25) is 9.69 Å². The molecule has 0 radical (unpaired) electrons. The minimum atomic E-state index is -0.0945. The first-order chi connectivity index (χ1) is 10.7. The Morgan fingerprint density at radius 2 is 2.18 bits per heavy atom. The number of nitrogens with two attached hydrogens (primary N) is 1. The number of nitrogen functional groups attached to an aromatic ring is 1. The maximum atomic E-state index is 12.1. The van der Waals surface area contributed by atoms with E-state index in [1.165, 1.54) is 0 Å². The fourth-order valence-corrected chi connectivity index (χ4v) is 2.39. The minimum absolute atomic E-state index is 0.0945. The topological polar surface area (TPSA) is 76.8 Å². The van der Waals surface area contributed by atoms with E-state index in [0.717, 1.165) is 39.3 Å². The summed E-state index contributed by atoms with van der Waals surface area (Å²) in [5.74, 6) is 0.464. The van der Waals surface area contributed by atoms with Crippen LogP contribution < -0.4 is 15.8 Å². The number of ether oxygens (including phenoxy) is 2. The first-order valence-electron chi connectivity index (χ1n) is 7.81. The van der Waals surface area contributed by atoms with Gasteiger partial charge in [0.2, 0.25) is 0 Å². The van der Waals surface area contributed by atoms with Crippen LogP contribution in [0.1, 0.15) is 23.7 Å². The molecule has 1 saturated heterocycles. The molecule has 1 aromatic rings. The van der Waals surface area contributed by atoms with Gasteiger partial charge in [0.1, 0.15) is 5.75 Å². The highest BCUT2D eigenvalue weighted by Crippen LogP contribution is 2.22. The molecule has 22 heavy (non-hydrogen) atoms. The molecule has 6 heteroatoms. The Labute approximate surface area is 131 Å². The summed E-state index contributed by atoms with van der Waals surface area (Å²) in [4.78, 5) is 14.5. The van der Waals surface area contributed by atoms with Crippen molar-refractivity contribution in [3.63, 3.8) is 0 Å². The third-order valence-corrected chi connectivity index (χ3v) is 3.62. The van der Waals surface area contributed by atoms with Gasteiger partial charge in [-0.2, -0.15) is 0 Å². The van der Waals surface area contributed by atoms with Crippen molar-refractivity contribution in [2.45, 2.75) is 13.3 Å². The third-order valence-electron chi connectivity index (χ3n) is 3.62. The van der Waals surface area contributed by atoms with Crippen molar-refractivity contribution in [3.8, 4) is 5.75 Å². The van der Waals surface area contributed by atoms with Crippen molar-refractivity contribution in [1.29, 1.82) is 0 Å². The van der Waals surface area contributed by atoms with Gasteiger partial charge in [0.05, 0.1) is 25.5 Å². The molecule has 2 rings (SSSR count). The Bertz CT molecular complexity index is 488. The molecule has 1 aromatic carbocycles. The van der Waals surface area contributed by atoms with Crippen molar-refractivity contribution < 1.29 is 14.3 Å². The van der Waals surface area contributed by atoms with Crippen LogP contribution in [0.5, 0.6) is 5.75 Å². The lowest BCUT2D eigenvalue weighted by Gasteiger charge is -2.26. The second kappa shape index (κ2) is 8.60. The van der Waals surface area contributed by atoms with Gasteiger partial charge in [0.25, 0.3) is 5.91 Å². The number of benzene rings is 1. The summed E-state index contributed by atoms with van der Waals surface area (Å²) in [6.45, 7) is 7.61. The van der Waals surface area contributed by atoms with Gasteiger partial charge in [-0.1, -0.05) is 0 Å². The SMILES string of the molecule is CCOc1cc(C(=O)NCCCN2CCOCC2)ccc1N.